The van der Waals surface area contributed by atoms with Crippen molar-refractivity contribution in [1.29, 1.82) is 0 Å². The van der Waals surface area contributed by atoms with Gasteiger partial charge >= 0.3 is 11.9 Å². The second-order valence-electron chi connectivity index (χ2n) is 15.6. The first-order valence-corrected chi connectivity index (χ1v) is 19.0. The molecule has 4 rings (SSSR count). The summed E-state index contributed by atoms with van der Waals surface area (Å²) in [5.41, 5.74) is -1.60. The van der Waals surface area contributed by atoms with Gasteiger partial charge in [-0.25, -0.2) is 4.79 Å². The number of ether oxygens (including phenoxy) is 5. The van der Waals surface area contributed by atoms with Crippen molar-refractivity contribution in [2.75, 3.05) is 21.2 Å². The lowest BCUT2D eigenvalue weighted by molar-refractivity contribution is -0.294. The Morgan fingerprint density at radius 2 is 1.59 bits per heavy atom. The van der Waals surface area contributed by atoms with Crippen LogP contribution < -0.4 is 0 Å². The van der Waals surface area contributed by atoms with Crippen molar-refractivity contribution in [2.45, 2.75) is 122 Å². The molecule has 1 unspecified atom stereocenters. The summed E-state index contributed by atoms with van der Waals surface area (Å²) in [6, 6.07) is 17.6. The van der Waals surface area contributed by atoms with Crippen molar-refractivity contribution in [3.05, 3.63) is 83.4 Å². The molecule has 2 aliphatic heterocycles. The minimum atomic E-state index is -1.75. The fraction of sp³-hybridized carbons (Fsp3) is 0.581. The molecule has 2 heterocycles. The SMILES string of the molecule is CC[C@H]1OC(=O)[C@H](C)C(=O)[C@H](C)[C@@H](OC2O[C@H](C)C[C@H](N(C)C)[C@H]2OC(=O)c2ccccc2)[C@](C)(OC)C[C@@H](C)C(=O)/C(C)=C/[C@@]1(O)Cc1ccccc1. The lowest BCUT2D eigenvalue weighted by Crippen LogP contribution is -2.60. The van der Waals surface area contributed by atoms with Gasteiger partial charge in [0, 0.05) is 25.4 Å². The lowest BCUT2D eigenvalue weighted by atomic mass is 9.76. The van der Waals surface area contributed by atoms with Crippen molar-refractivity contribution in [3.8, 4) is 0 Å². The molecule has 0 bridgehead atoms. The van der Waals surface area contributed by atoms with Crippen LogP contribution in [0, 0.1) is 17.8 Å². The molecule has 2 aliphatic rings. The number of hydrogen-bond donors (Lipinski definition) is 1. The molecule has 0 amide bonds. The predicted octanol–water partition coefficient (Wildman–Crippen LogP) is 5.76. The molecule has 2 aromatic carbocycles. The molecule has 0 aliphatic carbocycles. The van der Waals surface area contributed by atoms with Gasteiger partial charge in [-0.15, -0.1) is 0 Å². The van der Waals surface area contributed by atoms with Gasteiger partial charge in [0.1, 0.15) is 17.6 Å². The molecule has 1 saturated heterocycles. The molecule has 1 N–H and O–H groups in total. The van der Waals surface area contributed by atoms with Gasteiger partial charge in [0.05, 0.1) is 29.4 Å². The molecule has 11 atom stereocenters. The molecule has 2 aromatic rings. The van der Waals surface area contributed by atoms with Gasteiger partial charge in [-0.05, 0) is 90.4 Å². The number of carbonyl (C=O) groups is 4. The topological polar surface area (TPSA) is 138 Å². The maximum atomic E-state index is 14.4. The zero-order valence-electron chi connectivity index (χ0n) is 33.4. The first kappa shape index (κ1) is 43.0. The van der Waals surface area contributed by atoms with E-state index < -0.39 is 71.3 Å². The Morgan fingerprint density at radius 3 is 2.17 bits per heavy atom. The summed E-state index contributed by atoms with van der Waals surface area (Å²) in [6.45, 7) is 12.0. The van der Waals surface area contributed by atoms with E-state index in [0.29, 0.717) is 17.6 Å². The first-order chi connectivity index (χ1) is 25.4. The normalized spacial score (nSPS) is 35.4. The Balaban J connectivity index is 1.79. The second kappa shape index (κ2) is 18.3. The monoisotopic (exact) mass is 749 g/mol. The van der Waals surface area contributed by atoms with E-state index in [-0.39, 0.29) is 37.2 Å². The van der Waals surface area contributed by atoms with Crippen LogP contribution >= 0.6 is 0 Å². The highest BCUT2D eigenvalue weighted by Crippen LogP contribution is 2.38. The highest BCUT2D eigenvalue weighted by molar-refractivity contribution is 6.00. The van der Waals surface area contributed by atoms with Gasteiger partial charge < -0.3 is 33.7 Å². The summed E-state index contributed by atoms with van der Waals surface area (Å²) in [6.07, 6.45) is -2.08. The van der Waals surface area contributed by atoms with E-state index in [9.17, 15) is 24.3 Å². The summed E-state index contributed by atoms with van der Waals surface area (Å²) in [4.78, 5) is 57.8. The second-order valence-corrected chi connectivity index (χ2v) is 15.6. The van der Waals surface area contributed by atoms with Crippen LogP contribution in [0.25, 0.3) is 0 Å². The average molecular weight is 750 g/mol. The van der Waals surface area contributed by atoms with Crippen molar-refractivity contribution in [3.63, 3.8) is 0 Å². The third kappa shape index (κ3) is 9.92. The van der Waals surface area contributed by atoms with Gasteiger partial charge in [-0.3, -0.25) is 14.4 Å². The van der Waals surface area contributed by atoms with Crippen molar-refractivity contribution in [1.82, 2.24) is 4.90 Å². The minimum Gasteiger partial charge on any atom is -0.458 e. The van der Waals surface area contributed by atoms with Gasteiger partial charge in [-0.2, -0.15) is 0 Å². The Bertz CT molecular complexity index is 1630. The number of likely N-dealkylation sites (N-methyl/N-ethyl adjacent to an activating group) is 1. The number of Topliss-reactive ketones (excluding diaryl/α,β-unsaturated/α-hetero) is 2. The van der Waals surface area contributed by atoms with Crippen LogP contribution in [0.3, 0.4) is 0 Å². The summed E-state index contributed by atoms with van der Waals surface area (Å²) in [5.74, 6) is -5.00. The number of hydrogen-bond acceptors (Lipinski definition) is 11. The number of esters is 2. The van der Waals surface area contributed by atoms with Crippen LogP contribution in [-0.4, -0.2) is 103 Å². The zero-order valence-corrected chi connectivity index (χ0v) is 33.4. The Labute approximate surface area is 320 Å². The Morgan fingerprint density at radius 1 is 0.981 bits per heavy atom. The first-order valence-electron chi connectivity index (χ1n) is 19.0. The van der Waals surface area contributed by atoms with Crippen molar-refractivity contribution >= 4 is 23.5 Å². The molecule has 1 fully saturated rings. The predicted molar refractivity (Wildman–Crippen MR) is 204 cm³/mol. The third-order valence-corrected chi connectivity index (χ3v) is 11.1. The minimum absolute atomic E-state index is 0.0762. The molecule has 11 nitrogen and oxygen atoms in total. The van der Waals surface area contributed by atoms with E-state index >= 15 is 0 Å². The number of ketones is 2. The van der Waals surface area contributed by atoms with Gasteiger partial charge in [-0.1, -0.05) is 69.3 Å². The van der Waals surface area contributed by atoms with E-state index in [1.165, 1.54) is 20.1 Å². The molecule has 296 valence electrons. The van der Waals surface area contributed by atoms with Gasteiger partial charge in [0.15, 0.2) is 24.0 Å². The van der Waals surface area contributed by atoms with Gasteiger partial charge in [0.25, 0.3) is 0 Å². The van der Waals surface area contributed by atoms with Crippen molar-refractivity contribution in [2.24, 2.45) is 17.8 Å². The molecular weight excluding hydrogens is 690 g/mol. The Kier molecular flexibility index (Phi) is 14.5. The molecule has 11 heteroatoms. The number of aliphatic hydroxyl groups is 1. The van der Waals surface area contributed by atoms with Crippen LogP contribution in [0.15, 0.2) is 72.3 Å². The standard InChI is InChI=1S/C43H59NO10/c1-11-34-43(49,25-31-18-14-12-15-19-31)24-27(3)35(45)26(2)23-42(7,50-10)38(29(5)36(46)30(6)39(47)52-34)54-41-37(33(44(8)9)22-28(4)51-41)53-40(48)32-20-16-13-17-21-32/h12-21,24,26,28-30,33-34,37-38,41,49H,11,22-23,25H2,1-10H3/b27-24+/t26-,28-,29+,30-,33+,34-,37-,38-,41?,42-,43-/m1/s1. The summed E-state index contributed by atoms with van der Waals surface area (Å²) in [7, 11) is 5.26. The fourth-order valence-corrected chi connectivity index (χ4v) is 7.94. The van der Waals surface area contributed by atoms with Crippen LogP contribution in [0.2, 0.25) is 0 Å². The average Bonchev–Trinajstić information content (AvgIpc) is 3.15. The maximum absolute atomic E-state index is 14.4. The molecule has 0 saturated carbocycles. The van der Waals surface area contributed by atoms with E-state index in [4.69, 9.17) is 23.7 Å². The van der Waals surface area contributed by atoms with Crippen LogP contribution in [0.5, 0.6) is 0 Å². The molecule has 0 radical (unpaired) electrons. The third-order valence-electron chi connectivity index (χ3n) is 11.1. The van der Waals surface area contributed by atoms with E-state index in [0.717, 1.165) is 5.56 Å². The summed E-state index contributed by atoms with van der Waals surface area (Å²) < 4.78 is 31.5. The quantitative estimate of drug-likeness (QED) is 0.248. The number of carbonyl (C=O) groups excluding carboxylic acids is 4. The van der Waals surface area contributed by atoms with Crippen molar-refractivity contribution < 1.29 is 48.0 Å². The highest BCUT2D eigenvalue weighted by atomic mass is 16.7. The highest BCUT2D eigenvalue weighted by Gasteiger charge is 2.51. The molecule has 0 aromatic heterocycles. The lowest BCUT2D eigenvalue weighted by Gasteiger charge is -2.47. The molecule has 0 spiro atoms. The summed E-state index contributed by atoms with van der Waals surface area (Å²) >= 11 is 0. The Hall–Kier alpha value is -3.74. The van der Waals surface area contributed by atoms with E-state index in [1.807, 2.05) is 56.3 Å². The van der Waals surface area contributed by atoms with Crippen LogP contribution in [-0.2, 0) is 44.5 Å². The van der Waals surface area contributed by atoms with E-state index in [2.05, 4.69) is 0 Å². The van der Waals surface area contributed by atoms with E-state index in [1.54, 1.807) is 65.0 Å². The largest absolute Gasteiger partial charge is 0.458 e. The van der Waals surface area contributed by atoms with Crippen LogP contribution in [0.4, 0.5) is 0 Å². The number of rotatable bonds is 9. The number of methoxy groups -OCH3 is 1. The smallest absolute Gasteiger partial charge is 0.338 e. The van der Waals surface area contributed by atoms with Crippen LogP contribution in [0.1, 0.15) is 83.7 Å². The fourth-order valence-electron chi connectivity index (χ4n) is 7.94. The van der Waals surface area contributed by atoms with Gasteiger partial charge in [0.2, 0.25) is 0 Å². The number of allylic oxidation sites excluding steroid dienone is 1. The number of nitrogens with zero attached hydrogens (tertiary/aromatic N) is 1. The molecular formula is C43H59NO10. The number of benzene rings is 2. The molecule has 54 heavy (non-hydrogen) atoms. The number of cyclic esters (lactones) is 1. The summed E-state index contributed by atoms with van der Waals surface area (Å²) in [5, 5.41) is 12.2. The zero-order chi connectivity index (χ0) is 40.0. The maximum Gasteiger partial charge on any atom is 0.338 e.